The van der Waals surface area contributed by atoms with Crippen molar-refractivity contribution in [3.63, 3.8) is 0 Å². The van der Waals surface area contributed by atoms with Gasteiger partial charge in [-0.15, -0.1) is 0 Å². The molecule has 0 aliphatic carbocycles. The first-order valence-corrected chi connectivity index (χ1v) is 7.11. The predicted molar refractivity (Wildman–Crippen MR) is 78.1 cm³/mol. The predicted octanol–water partition coefficient (Wildman–Crippen LogP) is 1.34. The van der Waals surface area contributed by atoms with Gasteiger partial charge in [-0.25, -0.2) is 0 Å². The zero-order valence-corrected chi connectivity index (χ0v) is 12.5. The normalized spacial score (nSPS) is 10.2. The summed E-state index contributed by atoms with van der Waals surface area (Å²) in [5.74, 6) is -0.822. The number of carbonyl (C=O) groups is 2. The van der Waals surface area contributed by atoms with Crippen LogP contribution in [0.25, 0.3) is 0 Å². The summed E-state index contributed by atoms with van der Waals surface area (Å²) in [5.41, 5.74) is 1.11. The van der Waals surface area contributed by atoms with Gasteiger partial charge in [0.05, 0.1) is 0 Å². The van der Waals surface area contributed by atoms with Crippen molar-refractivity contribution in [3.8, 4) is 0 Å². The van der Waals surface area contributed by atoms with E-state index in [2.05, 4.69) is 4.98 Å². The molecule has 0 N–H and O–H groups in total. The lowest BCUT2D eigenvalue weighted by Crippen LogP contribution is -2.45. The molecule has 1 aromatic rings. The second kappa shape index (κ2) is 8.30. The molecular weight excluding hydrogens is 254 g/mol. The fraction of sp³-hybridized carbons (Fsp3) is 0.533. The van der Waals surface area contributed by atoms with E-state index in [-0.39, 0.29) is 0 Å². The standard InChI is InChI=1S/C15H23N3O2/c1-4-17(5-2)14(19)15(20)18(6-3)12-9-13-7-10-16-11-8-13/h7-8,10-11H,4-6,9,12H2,1-3H3. The Kier molecular flexibility index (Phi) is 6.70. The minimum Gasteiger partial charge on any atom is -0.335 e. The van der Waals surface area contributed by atoms with Crippen LogP contribution in [0.1, 0.15) is 26.3 Å². The molecule has 1 aromatic heterocycles. The lowest BCUT2D eigenvalue weighted by molar-refractivity contribution is -0.151. The Hall–Kier alpha value is -1.91. The maximum atomic E-state index is 12.2. The van der Waals surface area contributed by atoms with E-state index in [4.69, 9.17) is 0 Å². The monoisotopic (exact) mass is 277 g/mol. The van der Waals surface area contributed by atoms with Crippen molar-refractivity contribution in [2.45, 2.75) is 27.2 Å². The van der Waals surface area contributed by atoms with Crippen LogP contribution in [0.2, 0.25) is 0 Å². The largest absolute Gasteiger partial charge is 0.335 e. The van der Waals surface area contributed by atoms with Crippen LogP contribution in [0.15, 0.2) is 24.5 Å². The van der Waals surface area contributed by atoms with Gasteiger partial charge >= 0.3 is 11.8 Å². The molecule has 0 atom stereocenters. The number of carbonyl (C=O) groups excluding carboxylic acids is 2. The SMILES string of the molecule is CCN(CC)C(=O)C(=O)N(CC)CCc1ccncc1. The molecule has 0 radical (unpaired) electrons. The van der Waals surface area contributed by atoms with Crippen molar-refractivity contribution in [3.05, 3.63) is 30.1 Å². The van der Waals surface area contributed by atoms with E-state index < -0.39 is 11.8 Å². The van der Waals surface area contributed by atoms with Gasteiger partial charge in [0.15, 0.2) is 0 Å². The van der Waals surface area contributed by atoms with E-state index >= 15 is 0 Å². The molecule has 0 unspecified atom stereocenters. The van der Waals surface area contributed by atoms with Gasteiger partial charge in [-0.05, 0) is 44.9 Å². The molecule has 0 aliphatic rings. The molecule has 0 spiro atoms. The first-order valence-electron chi connectivity index (χ1n) is 7.11. The Morgan fingerprint density at radius 3 is 1.95 bits per heavy atom. The Labute approximate surface area is 120 Å². The summed E-state index contributed by atoms with van der Waals surface area (Å²) < 4.78 is 0. The molecule has 0 aliphatic heterocycles. The fourth-order valence-corrected chi connectivity index (χ4v) is 2.00. The van der Waals surface area contributed by atoms with E-state index in [0.29, 0.717) is 26.2 Å². The van der Waals surface area contributed by atoms with Crippen molar-refractivity contribution in [1.29, 1.82) is 0 Å². The number of hydrogen-bond acceptors (Lipinski definition) is 3. The third-order valence-electron chi connectivity index (χ3n) is 3.32. The molecule has 1 rings (SSSR count). The minimum atomic E-state index is -0.412. The summed E-state index contributed by atoms with van der Waals surface area (Å²) >= 11 is 0. The van der Waals surface area contributed by atoms with Crippen LogP contribution in [0.3, 0.4) is 0 Å². The highest BCUT2D eigenvalue weighted by atomic mass is 16.2. The lowest BCUT2D eigenvalue weighted by Gasteiger charge is -2.24. The molecule has 0 saturated carbocycles. The Bertz CT molecular complexity index is 430. The van der Waals surface area contributed by atoms with Crippen molar-refractivity contribution in [1.82, 2.24) is 14.8 Å². The molecule has 20 heavy (non-hydrogen) atoms. The topological polar surface area (TPSA) is 53.5 Å². The van der Waals surface area contributed by atoms with Gasteiger partial charge in [0.25, 0.3) is 0 Å². The quantitative estimate of drug-likeness (QED) is 0.737. The van der Waals surface area contributed by atoms with Crippen LogP contribution in [-0.4, -0.2) is 52.8 Å². The van der Waals surface area contributed by atoms with Gasteiger partial charge in [-0.2, -0.15) is 0 Å². The lowest BCUT2D eigenvalue weighted by atomic mass is 10.2. The van der Waals surface area contributed by atoms with Gasteiger partial charge in [-0.1, -0.05) is 0 Å². The summed E-state index contributed by atoms with van der Waals surface area (Å²) in [6.45, 7) is 7.85. The maximum Gasteiger partial charge on any atom is 0.312 e. The van der Waals surface area contributed by atoms with E-state index in [9.17, 15) is 9.59 Å². The van der Waals surface area contributed by atoms with Gasteiger partial charge in [0, 0.05) is 38.6 Å². The highest BCUT2D eigenvalue weighted by molar-refractivity contribution is 6.34. The molecule has 0 fully saturated rings. The van der Waals surface area contributed by atoms with Crippen LogP contribution in [0.5, 0.6) is 0 Å². The van der Waals surface area contributed by atoms with Crippen LogP contribution >= 0.6 is 0 Å². The molecule has 0 bridgehead atoms. The molecule has 1 heterocycles. The molecule has 0 saturated heterocycles. The third kappa shape index (κ3) is 4.33. The summed E-state index contributed by atoms with van der Waals surface area (Å²) in [6, 6.07) is 3.84. The van der Waals surface area contributed by atoms with E-state index in [1.54, 1.807) is 22.2 Å². The summed E-state index contributed by atoms with van der Waals surface area (Å²) in [6.07, 6.45) is 4.19. The van der Waals surface area contributed by atoms with Crippen LogP contribution in [0, 0.1) is 0 Å². The van der Waals surface area contributed by atoms with E-state index in [1.807, 2.05) is 32.9 Å². The average molecular weight is 277 g/mol. The highest BCUT2D eigenvalue weighted by Crippen LogP contribution is 2.02. The number of amides is 2. The van der Waals surface area contributed by atoms with Gasteiger partial charge in [-0.3, -0.25) is 14.6 Å². The fourth-order valence-electron chi connectivity index (χ4n) is 2.00. The van der Waals surface area contributed by atoms with Gasteiger partial charge in [0.2, 0.25) is 0 Å². The first kappa shape index (κ1) is 16.1. The second-order valence-corrected chi connectivity index (χ2v) is 4.47. The van der Waals surface area contributed by atoms with E-state index in [0.717, 1.165) is 12.0 Å². The van der Waals surface area contributed by atoms with Crippen molar-refractivity contribution >= 4 is 11.8 Å². The smallest absolute Gasteiger partial charge is 0.312 e. The summed E-state index contributed by atoms with van der Waals surface area (Å²) in [4.78, 5) is 31.3. The second-order valence-electron chi connectivity index (χ2n) is 4.47. The first-order chi connectivity index (χ1) is 9.63. The van der Waals surface area contributed by atoms with Crippen molar-refractivity contribution in [2.24, 2.45) is 0 Å². The summed E-state index contributed by atoms with van der Waals surface area (Å²) in [7, 11) is 0. The third-order valence-corrected chi connectivity index (χ3v) is 3.32. The van der Waals surface area contributed by atoms with Crippen LogP contribution in [-0.2, 0) is 16.0 Å². The maximum absolute atomic E-state index is 12.2. The van der Waals surface area contributed by atoms with Crippen LogP contribution in [0.4, 0.5) is 0 Å². The number of hydrogen-bond donors (Lipinski definition) is 0. The van der Waals surface area contributed by atoms with Crippen molar-refractivity contribution in [2.75, 3.05) is 26.2 Å². The van der Waals surface area contributed by atoms with E-state index in [1.165, 1.54) is 0 Å². The number of rotatable bonds is 6. The molecule has 110 valence electrons. The Morgan fingerprint density at radius 2 is 1.45 bits per heavy atom. The molecule has 5 heteroatoms. The van der Waals surface area contributed by atoms with Crippen molar-refractivity contribution < 1.29 is 9.59 Å². The number of nitrogens with zero attached hydrogens (tertiary/aromatic N) is 3. The van der Waals surface area contributed by atoms with Crippen LogP contribution < -0.4 is 0 Å². The number of likely N-dealkylation sites (N-methyl/N-ethyl adjacent to an activating group) is 2. The number of pyridine rings is 1. The molecular formula is C15H23N3O2. The molecule has 5 nitrogen and oxygen atoms in total. The minimum absolute atomic E-state index is 0.411. The zero-order valence-electron chi connectivity index (χ0n) is 12.5. The molecule has 0 aromatic carbocycles. The summed E-state index contributed by atoms with van der Waals surface area (Å²) in [5, 5.41) is 0. The van der Waals surface area contributed by atoms with Gasteiger partial charge < -0.3 is 9.80 Å². The number of aromatic nitrogens is 1. The zero-order chi connectivity index (χ0) is 15.0. The van der Waals surface area contributed by atoms with Gasteiger partial charge in [0.1, 0.15) is 0 Å². The average Bonchev–Trinajstić information content (AvgIpc) is 2.49. The molecule has 2 amide bonds. The Balaban J connectivity index is 2.61. The highest BCUT2D eigenvalue weighted by Gasteiger charge is 2.24. The Morgan fingerprint density at radius 1 is 0.950 bits per heavy atom.